The van der Waals surface area contributed by atoms with Crippen LogP contribution in [-0.2, 0) is 146 Å². The van der Waals surface area contributed by atoms with Crippen molar-refractivity contribution in [3.8, 4) is 0 Å². The van der Waals surface area contributed by atoms with Crippen molar-refractivity contribution >= 4 is 84.4 Å². The van der Waals surface area contributed by atoms with Gasteiger partial charge in [0.15, 0.2) is 43.7 Å². The normalized spacial score (nSPS) is 39.7. The highest BCUT2D eigenvalue weighted by molar-refractivity contribution is 7.84. The second-order valence-corrected chi connectivity index (χ2v) is 26.1. The van der Waals surface area contributed by atoms with Crippen LogP contribution in [0.15, 0.2) is 0 Å². The first-order valence-corrected chi connectivity index (χ1v) is 32.7. The van der Waals surface area contributed by atoms with Gasteiger partial charge in [-0.1, -0.05) is 0 Å². The number of ether oxygens (including phenoxy) is 10. The first-order chi connectivity index (χ1) is 39.5. The van der Waals surface area contributed by atoms with Crippen LogP contribution in [0.25, 0.3) is 0 Å². The topological polar surface area (TPSA) is 762 Å². The fourth-order valence-electron chi connectivity index (χ4n) is 8.75. The summed E-state index contributed by atoms with van der Waals surface area (Å²) < 4.78 is 307. The summed E-state index contributed by atoms with van der Waals surface area (Å²) in [6, 6.07) is -7.86. The van der Waals surface area contributed by atoms with Gasteiger partial charge in [-0.15, -0.1) is 0 Å². The smallest absolute Gasteiger partial charge is 0.397 e. The molecular formula is C31H53N3O46S7. The van der Waals surface area contributed by atoms with E-state index >= 15 is 0 Å². The summed E-state index contributed by atoms with van der Waals surface area (Å²) in [5.41, 5.74) is 0. The third-order valence-electron chi connectivity index (χ3n) is 12.2. The number of aliphatic hydroxyl groups is 7. The molecule has 0 aromatic carbocycles. The molecule has 0 aromatic rings. The van der Waals surface area contributed by atoms with Crippen LogP contribution in [0.4, 0.5) is 0 Å². The molecule has 5 heterocycles. The zero-order valence-corrected chi connectivity index (χ0v) is 48.0. The monoisotopic (exact) mass is 1430 g/mol. The standard InChI is InChI=1S/C31H53N3O46S7/c1-67-27-9(33-82(49,50)51)13(37)18(6(72-27)3-69-85(58,59)60)74-30-16(40)14(38)22(24(78-30)26(44)45)77-29-10(34-83(52,53)54)20(80-87(64,65)66)19(7(73-29)4-70-86(61,62)63)75-31-17(41)15(39)21(23(79-31)25(42)43)76-28-8(32-81(46,47)48)12(36)11(35)5(71-28)2-68-84(55,56)57/h5-24,27-41H,2-4H2,1H3,(H,42,43)(H,44,45)(H,46,47,48)(H,49,50,51)(H,52,53,54)(H,55,56,57)(H,58,59,60)(H,61,62,63)(H,64,65,66)/t5-,6-,7-,8-,9-,10-,11-,12-,13+,14-,15-,16-,17-,18-,19-,20+,21+,22+,23+,24+,27+,28-,29-,30-,31-/m1/s1. The maximum absolute atomic E-state index is 12.8. The Bertz CT molecular complexity index is 3210. The van der Waals surface area contributed by atoms with E-state index in [1.807, 2.05) is 0 Å². The lowest BCUT2D eigenvalue weighted by Crippen LogP contribution is -2.71. The highest BCUT2D eigenvalue weighted by atomic mass is 32.3. The average molecular weight is 1430 g/mol. The van der Waals surface area contributed by atoms with E-state index in [2.05, 4.69) is 16.7 Å². The van der Waals surface area contributed by atoms with Crippen molar-refractivity contribution in [3.63, 3.8) is 0 Å². The van der Waals surface area contributed by atoms with E-state index in [4.69, 9.17) is 51.9 Å². The molecule has 0 spiro atoms. The van der Waals surface area contributed by atoms with Crippen LogP contribution < -0.4 is 14.2 Å². The molecule has 0 saturated carbocycles. The predicted octanol–water partition coefficient (Wildman–Crippen LogP) is -13.6. The lowest BCUT2D eigenvalue weighted by atomic mass is 9.94. The molecule has 5 fully saturated rings. The van der Waals surface area contributed by atoms with Crippen LogP contribution >= 0.6 is 0 Å². The van der Waals surface area contributed by atoms with Gasteiger partial charge < -0.3 is 93.3 Å². The van der Waals surface area contributed by atoms with Crippen LogP contribution in [0.1, 0.15) is 0 Å². The van der Waals surface area contributed by atoms with Gasteiger partial charge in [0.1, 0.15) is 110 Å². The summed E-state index contributed by atoms with van der Waals surface area (Å²) >= 11 is 0. The molecule has 0 aliphatic carbocycles. The molecule has 5 saturated heterocycles. The molecular weight excluding hydrogens is 1370 g/mol. The van der Waals surface area contributed by atoms with E-state index in [0.29, 0.717) is 0 Å². The molecule has 0 bridgehead atoms. The zero-order chi connectivity index (χ0) is 66.2. The van der Waals surface area contributed by atoms with E-state index in [0.717, 1.165) is 7.11 Å². The lowest BCUT2D eigenvalue weighted by molar-refractivity contribution is -0.374. The summed E-state index contributed by atoms with van der Waals surface area (Å²) in [6.07, 6.45) is -60.5. The molecule has 5 rings (SSSR count). The molecule has 510 valence electrons. The lowest BCUT2D eigenvalue weighted by Gasteiger charge is -2.50. The number of hydrogen-bond acceptors (Lipinski definition) is 37. The van der Waals surface area contributed by atoms with E-state index in [-0.39, 0.29) is 0 Å². The number of methoxy groups -OCH3 is 1. The zero-order valence-electron chi connectivity index (χ0n) is 42.3. The number of aliphatic hydroxyl groups excluding tert-OH is 7. The van der Waals surface area contributed by atoms with Gasteiger partial charge in [-0.2, -0.15) is 73.1 Å². The second-order valence-electron chi connectivity index (χ2n) is 18.2. The maximum Gasteiger partial charge on any atom is 0.397 e. The Kier molecular flexibility index (Phi) is 24.8. The Hall–Kier alpha value is -2.65. The van der Waals surface area contributed by atoms with Crippen molar-refractivity contribution in [1.82, 2.24) is 14.2 Å². The first-order valence-electron chi connectivity index (χ1n) is 22.9. The quantitative estimate of drug-likeness (QED) is 0.0324. The summed E-state index contributed by atoms with van der Waals surface area (Å²) in [4.78, 5) is 25.6. The molecule has 0 amide bonds. The fraction of sp³-hybridized carbons (Fsp3) is 0.935. The fourth-order valence-corrected chi connectivity index (χ4v) is 12.0. The number of nitrogens with one attached hydrogen (secondary N) is 3. The molecule has 56 heteroatoms. The van der Waals surface area contributed by atoms with Crippen molar-refractivity contribution < 1.29 is 210 Å². The molecule has 0 unspecified atom stereocenters. The molecule has 5 aliphatic heterocycles. The minimum atomic E-state index is -6.26. The van der Waals surface area contributed by atoms with Crippen molar-refractivity contribution in [3.05, 3.63) is 0 Å². The van der Waals surface area contributed by atoms with E-state index in [9.17, 15) is 142 Å². The van der Waals surface area contributed by atoms with Crippen molar-refractivity contribution in [2.75, 3.05) is 26.9 Å². The Balaban J connectivity index is 1.54. The number of rotatable bonds is 28. The molecule has 25 atom stereocenters. The first kappa shape index (κ1) is 75.1. The van der Waals surface area contributed by atoms with Gasteiger partial charge in [0.2, 0.25) is 0 Å². The van der Waals surface area contributed by atoms with Crippen LogP contribution in [-0.4, -0.2) is 329 Å². The minimum absolute atomic E-state index is 0.798. The summed E-state index contributed by atoms with van der Waals surface area (Å²) in [5, 5.41) is 98.5. The highest BCUT2D eigenvalue weighted by Crippen LogP contribution is 2.38. The SMILES string of the molecule is CO[C@H]1O[C@H](COS(=O)(=O)O)[C@@H](O[C@@H]2O[C@H](C(=O)O)[C@@H](O[C@H]3O[C@H](COS(=O)(=O)O)[C@@H](O[C@@H]4O[C@H](C(=O)O)[C@@H](O[C@H]5O[C@H](COS(=O)(=O)O)[C@@H](O)[C@H](O)[C@H]5NS(=O)(=O)O)[C@H](O)[C@H]4O)[C@@H](OS(=O)(=O)O)[C@H]3NS(=O)(=O)O)[C@H](O)[C@H]2O)[C@@H](O)[C@H]1NS(=O)(=O)O. The third-order valence-corrected chi connectivity index (χ3v) is 15.7. The average Bonchev–Trinajstić information content (AvgIpc) is 0.873. The minimum Gasteiger partial charge on any atom is -0.479 e. The number of carbonyl (C=O) groups is 2. The summed E-state index contributed by atoms with van der Waals surface area (Å²) in [5.74, 6) is -4.72. The van der Waals surface area contributed by atoms with E-state index < -0.39 is 258 Å². The predicted molar refractivity (Wildman–Crippen MR) is 251 cm³/mol. The molecule has 49 nitrogen and oxygen atoms in total. The van der Waals surface area contributed by atoms with Crippen molar-refractivity contribution in [2.45, 2.75) is 153 Å². The third kappa shape index (κ3) is 21.2. The molecule has 5 aliphatic rings. The van der Waals surface area contributed by atoms with Gasteiger partial charge in [-0.3, -0.25) is 31.9 Å². The molecule has 0 radical (unpaired) electrons. The van der Waals surface area contributed by atoms with Gasteiger partial charge in [-0.05, 0) is 0 Å². The van der Waals surface area contributed by atoms with Gasteiger partial charge in [0.05, 0.1) is 19.8 Å². The Morgan fingerprint density at radius 3 is 1.08 bits per heavy atom. The van der Waals surface area contributed by atoms with Crippen molar-refractivity contribution in [2.24, 2.45) is 0 Å². The highest BCUT2D eigenvalue weighted by Gasteiger charge is 2.60. The Morgan fingerprint density at radius 1 is 0.368 bits per heavy atom. The van der Waals surface area contributed by atoms with Crippen molar-refractivity contribution in [1.29, 1.82) is 0 Å². The van der Waals surface area contributed by atoms with E-state index in [1.54, 1.807) is 0 Å². The Morgan fingerprint density at radius 2 is 0.701 bits per heavy atom. The van der Waals surface area contributed by atoms with Gasteiger partial charge in [0.25, 0.3) is 0 Å². The van der Waals surface area contributed by atoms with Gasteiger partial charge in [0, 0.05) is 7.11 Å². The van der Waals surface area contributed by atoms with Gasteiger partial charge in [-0.25, -0.2) is 26.3 Å². The molecule has 0 aromatic heterocycles. The second kappa shape index (κ2) is 28.7. The largest absolute Gasteiger partial charge is 0.479 e. The van der Waals surface area contributed by atoms with Gasteiger partial charge >= 0.3 is 84.4 Å². The summed E-state index contributed by atoms with van der Waals surface area (Å²) in [7, 11) is -39.1. The number of aliphatic carboxylic acids is 2. The Labute approximate surface area is 487 Å². The summed E-state index contributed by atoms with van der Waals surface area (Å²) in [6.45, 7) is -4.81. The number of carboxylic acids is 2. The van der Waals surface area contributed by atoms with Crippen LogP contribution in [0.3, 0.4) is 0 Å². The number of carboxylic acid groups (broad SMARTS) is 2. The van der Waals surface area contributed by atoms with E-state index in [1.165, 1.54) is 14.2 Å². The van der Waals surface area contributed by atoms with Crippen LogP contribution in [0.2, 0.25) is 0 Å². The molecule has 87 heavy (non-hydrogen) atoms. The number of hydrogen-bond donors (Lipinski definition) is 19. The van der Waals surface area contributed by atoms with Crippen LogP contribution in [0.5, 0.6) is 0 Å². The molecule has 19 N–H and O–H groups in total. The van der Waals surface area contributed by atoms with Crippen LogP contribution in [0, 0.1) is 0 Å². The maximum atomic E-state index is 12.8.